The molecular weight excluding hydrogens is 270 g/mol. The van der Waals surface area contributed by atoms with Gasteiger partial charge in [0.1, 0.15) is 0 Å². The second kappa shape index (κ2) is 5.85. The van der Waals surface area contributed by atoms with E-state index in [-0.39, 0.29) is 18.9 Å². The van der Waals surface area contributed by atoms with E-state index in [2.05, 4.69) is 5.32 Å². The number of rotatable bonds is 4. The van der Waals surface area contributed by atoms with Gasteiger partial charge in [0, 0.05) is 13.0 Å². The van der Waals surface area contributed by atoms with Gasteiger partial charge in [-0.3, -0.25) is 4.79 Å². The molecule has 1 unspecified atom stereocenters. The van der Waals surface area contributed by atoms with Crippen LogP contribution < -0.4 is 5.32 Å². The lowest BCUT2D eigenvalue weighted by Gasteiger charge is -2.24. The Morgan fingerprint density at radius 1 is 1.29 bits per heavy atom. The molecule has 0 spiro atoms. The van der Waals surface area contributed by atoms with Crippen LogP contribution in [0.4, 0.5) is 0 Å². The highest BCUT2D eigenvalue weighted by atomic mass is 16.5. The molecule has 114 valence electrons. The van der Waals surface area contributed by atoms with Crippen molar-refractivity contribution in [2.45, 2.75) is 39.2 Å². The molecule has 1 aromatic carbocycles. The predicted octanol–water partition coefficient (Wildman–Crippen LogP) is 1.51. The van der Waals surface area contributed by atoms with Gasteiger partial charge < -0.3 is 15.2 Å². The summed E-state index contributed by atoms with van der Waals surface area (Å²) in [6, 6.07) is 4.06. The molecule has 2 rings (SSSR count). The number of carbonyl (C=O) groups excluding carboxylic acids is 1. The monoisotopic (exact) mass is 291 g/mol. The number of benzene rings is 1. The smallest absolute Gasteiger partial charge is 0.331 e. The Bertz CT molecular complexity index is 551. The van der Waals surface area contributed by atoms with Crippen molar-refractivity contribution in [3.63, 3.8) is 0 Å². The first-order valence-electron chi connectivity index (χ1n) is 7.03. The second-order valence-corrected chi connectivity index (χ2v) is 5.79. The Morgan fingerprint density at radius 2 is 1.90 bits per heavy atom. The van der Waals surface area contributed by atoms with E-state index in [0.29, 0.717) is 13.0 Å². The number of ether oxygens (including phenoxy) is 1. The molecule has 0 radical (unpaired) electrons. The van der Waals surface area contributed by atoms with Crippen molar-refractivity contribution in [3.05, 3.63) is 34.4 Å². The van der Waals surface area contributed by atoms with E-state index in [1.54, 1.807) is 0 Å². The van der Waals surface area contributed by atoms with Crippen LogP contribution in [-0.2, 0) is 20.7 Å². The summed E-state index contributed by atoms with van der Waals surface area (Å²) in [6.07, 6.45) is 0.493. The molecule has 1 saturated heterocycles. The highest BCUT2D eigenvalue weighted by Crippen LogP contribution is 2.21. The van der Waals surface area contributed by atoms with Crippen LogP contribution in [-0.4, -0.2) is 35.7 Å². The minimum atomic E-state index is -1.27. The minimum absolute atomic E-state index is 0.0277. The molecular formula is C16H21NO4. The van der Waals surface area contributed by atoms with Gasteiger partial charge in [0.05, 0.1) is 13.0 Å². The average molecular weight is 291 g/mol. The largest absolute Gasteiger partial charge is 0.479 e. The first-order chi connectivity index (χ1) is 9.84. The van der Waals surface area contributed by atoms with Gasteiger partial charge in [-0.15, -0.1) is 0 Å². The molecule has 1 heterocycles. The first-order valence-corrected chi connectivity index (χ1v) is 7.03. The zero-order chi connectivity index (χ0) is 15.6. The number of aryl methyl sites for hydroxylation is 3. The molecule has 1 aliphatic rings. The summed E-state index contributed by atoms with van der Waals surface area (Å²) in [5, 5.41) is 12.0. The number of nitrogens with one attached hydrogen (secondary N) is 1. The van der Waals surface area contributed by atoms with E-state index >= 15 is 0 Å². The van der Waals surface area contributed by atoms with Crippen LogP contribution in [0.15, 0.2) is 12.1 Å². The maximum absolute atomic E-state index is 12.2. The molecule has 1 atom stereocenters. The zero-order valence-corrected chi connectivity index (χ0v) is 12.7. The third-order valence-electron chi connectivity index (χ3n) is 3.99. The van der Waals surface area contributed by atoms with Gasteiger partial charge in [0.15, 0.2) is 5.54 Å². The van der Waals surface area contributed by atoms with E-state index in [1.165, 1.54) is 0 Å². The maximum atomic E-state index is 12.2. The summed E-state index contributed by atoms with van der Waals surface area (Å²) in [5.74, 6) is -1.32. The summed E-state index contributed by atoms with van der Waals surface area (Å²) < 4.78 is 5.14. The van der Waals surface area contributed by atoms with Gasteiger partial charge >= 0.3 is 5.97 Å². The van der Waals surface area contributed by atoms with Gasteiger partial charge in [-0.05, 0) is 37.5 Å². The fourth-order valence-corrected chi connectivity index (χ4v) is 2.85. The van der Waals surface area contributed by atoms with Gasteiger partial charge in [0.2, 0.25) is 5.91 Å². The quantitative estimate of drug-likeness (QED) is 0.882. The van der Waals surface area contributed by atoms with Crippen molar-refractivity contribution in [1.82, 2.24) is 5.32 Å². The third kappa shape index (κ3) is 3.24. The molecule has 0 bridgehead atoms. The standard InChI is InChI=1S/C16H21NO4/c1-10-6-11(2)13(12(3)7-10)8-14(18)17-16(15(19)20)4-5-21-9-16/h6-7H,4-5,8-9H2,1-3H3,(H,17,18)(H,19,20). The number of aliphatic carboxylic acids is 1. The molecule has 0 aromatic heterocycles. The fourth-order valence-electron chi connectivity index (χ4n) is 2.85. The number of carbonyl (C=O) groups is 2. The summed E-state index contributed by atoms with van der Waals surface area (Å²) in [6.45, 7) is 6.33. The normalized spacial score (nSPS) is 21.3. The van der Waals surface area contributed by atoms with Crippen LogP contribution in [0.25, 0.3) is 0 Å². The molecule has 0 aliphatic carbocycles. The predicted molar refractivity (Wildman–Crippen MR) is 78.3 cm³/mol. The second-order valence-electron chi connectivity index (χ2n) is 5.79. The van der Waals surface area contributed by atoms with Crippen LogP contribution in [0.1, 0.15) is 28.7 Å². The Hall–Kier alpha value is -1.88. The molecule has 21 heavy (non-hydrogen) atoms. The molecule has 5 heteroatoms. The van der Waals surface area contributed by atoms with Crippen LogP contribution in [0.3, 0.4) is 0 Å². The molecule has 1 aliphatic heterocycles. The van der Waals surface area contributed by atoms with E-state index < -0.39 is 11.5 Å². The number of carboxylic acid groups (broad SMARTS) is 1. The Labute approximate surface area is 124 Å². The summed E-state index contributed by atoms with van der Waals surface area (Å²) in [7, 11) is 0. The Kier molecular flexibility index (Phi) is 4.32. The van der Waals surface area contributed by atoms with E-state index in [4.69, 9.17) is 4.74 Å². The molecule has 1 fully saturated rings. The lowest BCUT2D eigenvalue weighted by molar-refractivity contribution is -0.147. The number of carboxylic acids is 1. The van der Waals surface area contributed by atoms with Crippen LogP contribution >= 0.6 is 0 Å². The summed E-state index contributed by atoms with van der Waals surface area (Å²) in [4.78, 5) is 23.6. The minimum Gasteiger partial charge on any atom is -0.479 e. The van der Waals surface area contributed by atoms with Gasteiger partial charge in [-0.2, -0.15) is 0 Å². The van der Waals surface area contributed by atoms with E-state index in [9.17, 15) is 14.7 Å². The van der Waals surface area contributed by atoms with Gasteiger partial charge in [-0.25, -0.2) is 4.79 Å². The zero-order valence-electron chi connectivity index (χ0n) is 12.7. The summed E-state index contributed by atoms with van der Waals surface area (Å²) in [5.41, 5.74) is 2.94. The van der Waals surface area contributed by atoms with Gasteiger partial charge in [-0.1, -0.05) is 17.7 Å². The molecule has 2 N–H and O–H groups in total. The average Bonchev–Trinajstić information content (AvgIpc) is 2.83. The van der Waals surface area contributed by atoms with Crippen molar-refractivity contribution in [2.24, 2.45) is 0 Å². The first kappa shape index (κ1) is 15.5. The van der Waals surface area contributed by atoms with Crippen molar-refractivity contribution < 1.29 is 19.4 Å². The van der Waals surface area contributed by atoms with E-state index in [0.717, 1.165) is 22.3 Å². The van der Waals surface area contributed by atoms with E-state index in [1.807, 2.05) is 32.9 Å². The van der Waals surface area contributed by atoms with Crippen molar-refractivity contribution in [2.75, 3.05) is 13.2 Å². The lowest BCUT2D eigenvalue weighted by Crippen LogP contribution is -2.55. The SMILES string of the molecule is Cc1cc(C)c(CC(=O)NC2(C(=O)O)CCOC2)c(C)c1. The van der Waals surface area contributed by atoms with Gasteiger partial charge in [0.25, 0.3) is 0 Å². The van der Waals surface area contributed by atoms with Crippen molar-refractivity contribution >= 4 is 11.9 Å². The molecule has 1 aromatic rings. The molecule has 1 amide bonds. The molecule has 5 nitrogen and oxygen atoms in total. The maximum Gasteiger partial charge on any atom is 0.331 e. The molecule has 0 saturated carbocycles. The van der Waals surface area contributed by atoms with Crippen LogP contribution in [0.2, 0.25) is 0 Å². The Morgan fingerprint density at radius 3 is 2.38 bits per heavy atom. The van der Waals surface area contributed by atoms with Crippen LogP contribution in [0.5, 0.6) is 0 Å². The third-order valence-corrected chi connectivity index (χ3v) is 3.99. The highest BCUT2D eigenvalue weighted by molar-refractivity contribution is 5.88. The number of hydrogen-bond acceptors (Lipinski definition) is 3. The number of hydrogen-bond donors (Lipinski definition) is 2. The fraction of sp³-hybridized carbons (Fsp3) is 0.500. The summed E-state index contributed by atoms with van der Waals surface area (Å²) >= 11 is 0. The van der Waals surface area contributed by atoms with Crippen molar-refractivity contribution in [1.29, 1.82) is 0 Å². The Balaban J connectivity index is 2.14. The lowest BCUT2D eigenvalue weighted by atomic mass is 9.95. The van der Waals surface area contributed by atoms with Crippen LogP contribution in [0, 0.1) is 20.8 Å². The number of amides is 1. The topological polar surface area (TPSA) is 75.6 Å². The van der Waals surface area contributed by atoms with Crippen molar-refractivity contribution in [3.8, 4) is 0 Å². The highest BCUT2D eigenvalue weighted by Gasteiger charge is 2.43.